The Kier molecular flexibility index (Phi) is 5.80. The highest BCUT2D eigenvalue weighted by atomic mass is 16.6. The number of nitrogens with one attached hydrogen (secondary N) is 1. The van der Waals surface area contributed by atoms with Gasteiger partial charge < -0.3 is 15.8 Å². The number of anilines is 1. The molecule has 0 aliphatic carbocycles. The third kappa shape index (κ3) is 5.35. The molecule has 0 aliphatic rings. The zero-order chi connectivity index (χ0) is 18.4. The highest BCUT2D eigenvalue weighted by Crippen LogP contribution is 2.27. The van der Waals surface area contributed by atoms with Gasteiger partial charge in [-0.05, 0) is 51.0 Å². The second-order valence-electron chi connectivity index (χ2n) is 6.79. The lowest BCUT2D eigenvalue weighted by molar-refractivity contribution is 0.0504. The number of carbonyl (C=O) groups is 1. The van der Waals surface area contributed by atoms with E-state index in [9.17, 15) is 4.79 Å². The average Bonchev–Trinajstić information content (AvgIpc) is 2.53. The normalized spacial score (nSPS) is 12.3. The third-order valence-corrected chi connectivity index (χ3v) is 3.49. The first-order valence-electron chi connectivity index (χ1n) is 8.21. The lowest BCUT2D eigenvalue weighted by Gasteiger charge is -2.23. The number of amides is 1. The van der Waals surface area contributed by atoms with Crippen LogP contribution in [0.4, 0.5) is 10.5 Å². The molecule has 132 valence electrons. The van der Waals surface area contributed by atoms with E-state index >= 15 is 0 Å². The van der Waals surface area contributed by atoms with E-state index in [1.54, 1.807) is 18.3 Å². The van der Waals surface area contributed by atoms with Crippen LogP contribution >= 0.6 is 0 Å². The Morgan fingerprint density at radius 2 is 2.12 bits per heavy atom. The van der Waals surface area contributed by atoms with Gasteiger partial charge in [0.05, 0.1) is 17.4 Å². The molecule has 1 atom stereocenters. The third-order valence-electron chi connectivity index (χ3n) is 3.49. The van der Waals surface area contributed by atoms with Crippen molar-refractivity contribution in [2.24, 2.45) is 0 Å². The maximum atomic E-state index is 12.1. The van der Waals surface area contributed by atoms with Gasteiger partial charge in [0.1, 0.15) is 5.60 Å². The minimum Gasteiger partial charge on any atom is -0.444 e. The number of ether oxygens (including phenoxy) is 1. The number of aromatic nitrogens is 1. The first kappa shape index (κ1) is 18.5. The molecule has 0 saturated heterocycles. The molecule has 1 amide bonds. The molecular weight excluding hydrogens is 314 g/mol. The van der Waals surface area contributed by atoms with Gasteiger partial charge in [-0.15, -0.1) is 6.58 Å². The molecule has 1 aromatic heterocycles. The van der Waals surface area contributed by atoms with Crippen LogP contribution in [-0.2, 0) is 4.74 Å². The lowest BCUT2D eigenvalue weighted by Crippen LogP contribution is -2.34. The van der Waals surface area contributed by atoms with Gasteiger partial charge in [0.2, 0.25) is 0 Å². The minimum atomic E-state index is -0.549. The Morgan fingerprint density at radius 1 is 1.36 bits per heavy atom. The fourth-order valence-corrected chi connectivity index (χ4v) is 2.46. The maximum absolute atomic E-state index is 12.1. The smallest absolute Gasteiger partial charge is 0.408 e. The first-order valence-corrected chi connectivity index (χ1v) is 8.21. The van der Waals surface area contributed by atoms with Gasteiger partial charge in [-0.3, -0.25) is 4.98 Å². The number of carbonyl (C=O) groups excluding carboxylic acids is 1. The summed E-state index contributed by atoms with van der Waals surface area (Å²) in [6, 6.07) is 11.2. The molecule has 3 N–H and O–H groups in total. The van der Waals surface area contributed by atoms with Crippen molar-refractivity contribution in [2.75, 3.05) is 5.73 Å². The molecule has 25 heavy (non-hydrogen) atoms. The van der Waals surface area contributed by atoms with E-state index in [4.69, 9.17) is 10.5 Å². The SMILES string of the molecule is C=CCC(NC(=O)OC(C)(C)C)c1cccc(-c2ncccc2N)c1. The van der Waals surface area contributed by atoms with Crippen LogP contribution in [0.1, 0.15) is 38.8 Å². The molecule has 1 aromatic carbocycles. The predicted octanol–water partition coefficient (Wildman–Crippen LogP) is 4.47. The van der Waals surface area contributed by atoms with Crippen molar-refractivity contribution < 1.29 is 9.53 Å². The van der Waals surface area contributed by atoms with Crippen LogP contribution in [0, 0.1) is 0 Å². The number of rotatable bonds is 5. The van der Waals surface area contributed by atoms with E-state index in [0.717, 1.165) is 16.8 Å². The van der Waals surface area contributed by atoms with Gasteiger partial charge in [-0.2, -0.15) is 0 Å². The molecule has 0 aliphatic heterocycles. The molecule has 0 bridgehead atoms. The standard InChI is InChI=1S/C20H25N3O2/c1-5-8-17(23-19(24)25-20(2,3)4)14-9-6-10-15(13-14)18-16(21)11-7-12-22-18/h5-7,9-13,17H,1,8,21H2,2-4H3,(H,23,24). The van der Waals surface area contributed by atoms with Crippen LogP contribution in [0.2, 0.25) is 0 Å². The van der Waals surface area contributed by atoms with E-state index in [2.05, 4.69) is 16.9 Å². The summed E-state index contributed by atoms with van der Waals surface area (Å²) in [5.41, 5.74) is 8.64. The van der Waals surface area contributed by atoms with Crippen molar-refractivity contribution in [3.63, 3.8) is 0 Å². The monoisotopic (exact) mass is 339 g/mol. The average molecular weight is 339 g/mol. The fourth-order valence-electron chi connectivity index (χ4n) is 2.46. The number of pyridine rings is 1. The number of nitrogens with two attached hydrogens (primary N) is 1. The fraction of sp³-hybridized carbons (Fsp3) is 0.300. The summed E-state index contributed by atoms with van der Waals surface area (Å²) in [5.74, 6) is 0. The summed E-state index contributed by atoms with van der Waals surface area (Å²) < 4.78 is 5.35. The second kappa shape index (κ2) is 7.83. The topological polar surface area (TPSA) is 77.2 Å². The van der Waals surface area contributed by atoms with Crippen LogP contribution in [0.25, 0.3) is 11.3 Å². The van der Waals surface area contributed by atoms with Crippen molar-refractivity contribution >= 4 is 11.8 Å². The van der Waals surface area contributed by atoms with Crippen LogP contribution < -0.4 is 11.1 Å². The maximum Gasteiger partial charge on any atom is 0.408 e. The van der Waals surface area contributed by atoms with Gasteiger partial charge in [0.25, 0.3) is 0 Å². The summed E-state index contributed by atoms with van der Waals surface area (Å²) in [7, 11) is 0. The molecule has 2 rings (SSSR count). The molecule has 1 heterocycles. The first-order chi connectivity index (χ1) is 11.8. The molecule has 5 nitrogen and oxygen atoms in total. The molecule has 5 heteroatoms. The van der Waals surface area contributed by atoms with Gasteiger partial charge in [-0.1, -0.05) is 24.3 Å². The van der Waals surface area contributed by atoms with Crippen LogP contribution in [0.15, 0.2) is 55.3 Å². The molecule has 0 saturated carbocycles. The number of hydrogen-bond acceptors (Lipinski definition) is 4. The number of benzene rings is 1. The van der Waals surface area contributed by atoms with E-state index in [0.29, 0.717) is 12.1 Å². The van der Waals surface area contributed by atoms with Crippen LogP contribution in [-0.4, -0.2) is 16.7 Å². The summed E-state index contributed by atoms with van der Waals surface area (Å²) >= 11 is 0. The molecule has 2 aromatic rings. The summed E-state index contributed by atoms with van der Waals surface area (Å²) in [6.07, 6.45) is 3.60. The largest absolute Gasteiger partial charge is 0.444 e. The Balaban J connectivity index is 2.27. The lowest BCUT2D eigenvalue weighted by atomic mass is 9.99. The second-order valence-corrected chi connectivity index (χ2v) is 6.79. The molecular formula is C20H25N3O2. The number of nitrogen functional groups attached to an aromatic ring is 1. The number of hydrogen-bond donors (Lipinski definition) is 2. The Bertz CT molecular complexity index is 751. The summed E-state index contributed by atoms with van der Waals surface area (Å²) in [6.45, 7) is 9.28. The molecule has 1 unspecified atom stereocenters. The highest BCUT2D eigenvalue weighted by Gasteiger charge is 2.20. The Morgan fingerprint density at radius 3 is 2.76 bits per heavy atom. The van der Waals surface area contributed by atoms with Gasteiger partial charge in [0.15, 0.2) is 0 Å². The summed E-state index contributed by atoms with van der Waals surface area (Å²) in [4.78, 5) is 16.5. The van der Waals surface area contributed by atoms with Crippen molar-refractivity contribution in [3.05, 3.63) is 60.8 Å². The molecule has 0 fully saturated rings. The minimum absolute atomic E-state index is 0.239. The van der Waals surface area contributed by atoms with Crippen molar-refractivity contribution in [3.8, 4) is 11.3 Å². The van der Waals surface area contributed by atoms with E-state index < -0.39 is 11.7 Å². The van der Waals surface area contributed by atoms with Gasteiger partial charge in [-0.25, -0.2) is 4.79 Å². The van der Waals surface area contributed by atoms with Gasteiger partial charge in [0, 0.05) is 11.8 Å². The van der Waals surface area contributed by atoms with Gasteiger partial charge >= 0.3 is 6.09 Å². The number of nitrogens with zero attached hydrogens (tertiary/aromatic N) is 1. The molecule has 0 radical (unpaired) electrons. The number of alkyl carbamates (subject to hydrolysis) is 1. The van der Waals surface area contributed by atoms with Crippen molar-refractivity contribution in [1.29, 1.82) is 0 Å². The quantitative estimate of drug-likeness (QED) is 0.788. The predicted molar refractivity (Wildman–Crippen MR) is 101 cm³/mol. The Labute approximate surface area is 148 Å². The summed E-state index contributed by atoms with van der Waals surface area (Å²) in [5, 5.41) is 2.90. The highest BCUT2D eigenvalue weighted by molar-refractivity contribution is 5.73. The van der Waals surface area contributed by atoms with E-state index in [1.165, 1.54) is 0 Å². The zero-order valence-corrected chi connectivity index (χ0v) is 15.0. The van der Waals surface area contributed by atoms with E-state index in [1.807, 2.05) is 51.1 Å². The van der Waals surface area contributed by atoms with Crippen LogP contribution in [0.3, 0.4) is 0 Å². The Hall–Kier alpha value is -2.82. The van der Waals surface area contributed by atoms with Crippen molar-refractivity contribution in [2.45, 2.75) is 38.8 Å². The van der Waals surface area contributed by atoms with Crippen LogP contribution in [0.5, 0.6) is 0 Å². The molecule has 0 spiro atoms. The zero-order valence-electron chi connectivity index (χ0n) is 15.0. The van der Waals surface area contributed by atoms with Crippen molar-refractivity contribution in [1.82, 2.24) is 10.3 Å². The van der Waals surface area contributed by atoms with E-state index in [-0.39, 0.29) is 6.04 Å².